The van der Waals surface area contributed by atoms with Gasteiger partial charge in [-0.1, -0.05) is 6.92 Å². The van der Waals surface area contributed by atoms with E-state index in [9.17, 15) is 4.79 Å². The van der Waals surface area contributed by atoms with E-state index >= 15 is 0 Å². The minimum atomic E-state index is -0.216. The summed E-state index contributed by atoms with van der Waals surface area (Å²) in [5, 5.41) is 0. The second-order valence-electron chi connectivity index (χ2n) is 3.19. The Kier molecular flexibility index (Phi) is 5.72. The maximum absolute atomic E-state index is 10.5. The highest BCUT2D eigenvalue weighted by atomic mass is 16.5. The Morgan fingerprint density at radius 3 is 2.42 bits per heavy atom. The third-order valence-electron chi connectivity index (χ3n) is 1.71. The van der Waals surface area contributed by atoms with Crippen molar-refractivity contribution in [3.05, 3.63) is 0 Å². The lowest BCUT2D eigenvalue weighted by atomic mass is 10.1. The van der Waals surface area contributed by atoms with Gasteiger partial charge in [-0.3, -0.25) is 4.79 Å². The van der Waals surface area contributed by atoms with Gasteiger partial charge in [-0.25, -0.2) is 0 Å². The summed E-state index contributed by atoms with van der Waals surface area (Å²) >= 11 is 0. The number of hydrogen-bond acceptors (Lipinski definition) is 3. The molecule has 0 fully saturated rings. The smallest absolute Gasteiger partial charge is 0.302 e. The van der Waals surface area contributed by atoms with Crippen molar-refractivity contribution in [1.29, 1.82) is 0 Å². The summed E-state index contributed by atoms with van der Waals surface area (Å²) in [5.41, 5.74) is 0. The largest absolute Gasteiger partial charge is 0.466 e. The van der Waals surface area contributed by atoms with Crippen molar-refractivity contribution in [2.75, 3.05) is 13.7 Å². The van der Waals surface area contributed by atoms with Crippen LogP contribution in [-0.2, 0) is 14.3 Å². The van der Waals surface area contributed by atoms with Gasteiger partial charge >= 0.3 is 5.97 Å². The van der Waals surface area contributed by atoms with Gasteiger partial charge in [-0.2, -0.15) is 0 Å². The van der Waals surface area contributed by atoms with Crippen LogP contribution in [0.25, 0.3) is 0 Å². The molecular formula is C9H18O3. The first kappa shape index (κ1) is 11.4. The Morgan fingerprint density at radius 2 is 2.00 bits per heavy atom. The standard InChI is InChI=1S/C9H18O3/c1-7(5-8(2)11-4)6-12-9(3)10/h7-8H,5-6H2,1-4H3. The number of ether oxygens (including phenoxy) is 2. The first-order valence-electron chi connectivity index (χ1n) is 4.22. The van der Waals surface area contributed by atoms with Crippen LogP contribution in [-0.4, -0.2) is 25.8 Å². The van der Waals surface area contributed by atoms with Crippen LogP contribution < -0.4 is 0 Å². The fourth-order valence-corrected chi connectivity index (χ4v) is 0.991. The van der Waals surface area contributed by atoms with Gasteiger partial charge in [0.15, 0.2) is 0 Å². The SMILES string of the molecule is COC(C)CC(C)COC(C)=O. The molecule has 0 heterocycles. The van der Waals surface area contributed by atoms with Crippen LogP contribution in [0, 0.1) is 5.92 Å². The molecule has 2 atom stereocenters. The lowest BCUT2D eigenvalue weighted by Crippen LogP contribution is -2.16. The first-order chi connectivity index (χ1) is 5.56. The molecule has 0 N–H and O–H groups in total. The van der Waals surface area contributed by atoms with E-state index in [2.05, 4.69) is 0 Å². The third kappa shape index (κ3) is 6.16. The molecular weight excluding hydrogens is 156 g/mol. The fourth-order valence-electron chi connectivity index (χ4n) is 0.991. The topological polar surface area (TPSA) is 35.5 Å². The number of carbonyl (C=O) groups excluding carboxylic acids is 1. The zero-order chi connectivity index (χ0) is 9.56. The predicted octanol–water partition coefficient (Wildman–Crippen LogP) is 1.61. The molecule has 0 saturated heterocycles. The van der Waals surface area contributed by atoms with Gasteiger partial charge in [0.1, 0.15) is 0 Å². The highest BCUT2D eigenvalue weighted by Crippen LogP contribution is 2.08. The second kappa shape index (κ2) is 6.00. The van der Waals surface area contributed by atoms with Gasteiger partial charge in [0.2, 0.25) is 0 Å². The highest BCUT2D eigenvalue weighted by molar-refractivity contribution is 5.65. The van der Waals surface area contributed by atoms with E-state index in [4.69, 9.17) is 9.47 Å². The summed E-state index contributed by atoms with van der Waals surface area (Å²) in [7, 11) is 1.68. The average Bonchev–Trinajstić information content (AvgIpc) is 2.00. The Labute approximate surface area is 74.0 Å². The van der Waals surface area contributed by atoms with Crippen molar-refractivity contribution >= 4 is 5.97 Å². The third-order valence-corrected chi connectivity index (χ3v) is 1.71. The van der Waals surface area contributed by atoms with Crippen LogP contribution in [0.3, 0.4) is 0 Å². The molecule has 0 aromatic rings. The Morgan fingerprint density at radius 1 is 1.42 bits per heavy atom. The lowest BCUT2D eigenvalue weighted by molar-refractivity contribution is -0.142. The zero-order valence-electron chi connectivity index (χ0n) is 8.29. The minimum absolute atomic E-state index is 0.216. The normalized spacial score (nSPS) is 15.3. The molecule has 0 aliphatic carbocycles. The quantitative estimate of drug-likeness (QED) is 0.594. The molecule has 0 saturated carbocycles. The molecule has 0 amide bonds. The van der Waals surface area contributed by atoms with Crippen molar-refractivity contribution in [3.63, 3.8) is 0 Å². The molecule has 0 aromatic carbocycles. The first-order valence-corrected chi connectivity index (χ1v) is 4.22. The van der Waals surface area contributed by atoms with E-state index < -0.39 is 0 Å². The summed E-state index contributed by atoms with van der Waals surface area (Å²) in [6.45, 7) is 5.96. The summed E-state index contributed by atoms with van der Waals surface area (Å²) in [6.07, 6.45) is 1.15. The van der Waals surface area contributed by atoms with Crippen LogP contribution in [0.4, 0.5) is 0 Å². The monoisotopic (exact) mass is 174 g/mol. The van der Waals surface area contributed by atoms with Crippen LogP contribution in [0.5, 0.6) is 0 Å². The Bertz CT molecular complexity index is 134. The molecule has 12 heavy (non-hydrogen) atoms. The highest BCUT2D eigenvalue weighted by Gasteiger charge is 2.08. The van der Waals surface area contributed by atoms with E-state index in [0.717, 1.165) is 6.42 Å². The average molecular weight is 174 g/mol. The van der Waals surface area contributed by atoms with E-state index in [-0.39, 0.29) is 12.1 Å². The van der Waals surface area contributed by atoms with Crippen molar-refractivity contribution < 1.29 is 14.3 Å². The molecule has 0 radical (unpaired) electrons. The number of carbonyl (C=O) groups is 1. The Hall–Kier alpha value is -0.570. The number of rotatable bonds is 5. The van der Waals surface area contributed by atoms with Gasteiger partial charge < -0.3 is 9.47 Å². The van der Waals surface area contributed by atoms with Gasteiger partial charge in [-0.05, 0) is 19.3 Å². The second-order valence-corrected chi connectivity index (χ2v) is 3.19. The maximum atomic E-state index is 10.5. The zero-order valence-corrected chi connectivity index (χ0v) is 8.29. The van der Waals surface area contributed by atoms with E-state index in [1.54, 1.807) is 7.11 Å². The summed E-state index contributed by atoms with van der Waals surface area (Å²) < 4.78 is 9.94. The van der Waals surface area contributed by atoms with Crippen molar-refractivity contribution in [3.8, 4) is 0 Å². The lowest BCUT2D eigenvalue weighted by Gasteiger charge is -2.15. The van der Waals surface area contributed by atoms with Gasteiger partial charge in [0.05, 0.1) is 12.7 Å². The van der Waals surface area contributed by atoms with Gasteiger partial charge in [-0.15, -0.1) is 0 Å². The molecule has 3 heteroatoms. The van der Waals surface area contributed by atoms with Crippen LogP contribution >= 0.6 is 0 Å². The summed E-state index contributed by atoms with van der Waals surface area (Å²) in [4.78, 5) is 10.5. The minimum Gasteiger partial charge on any atom is -0.466 e. The van der Waals surface area contributed by atoms with E-state index in [1.807, 2.05) is 13.8 Å². The number of methoxy groups -OCH3 is 1. The molecule has 0 spiro atoms. The van der Waals surface area contributed by atoms with E-state index in [0.29, 0.717) is 12.5 Å². The molecule has 0 bridgehead atoms. The van der Waals surface area contributed by atoms with Crippen molar-refractivity contribution in [1.82, 2.24) is 0 Å². The van der Waals surface area contributed by atoms with Crippen LogP contribution in [0.15, 0.2) is 0 Å². The van der Waals surface area contributed by atoms with Crippen molar-refractivity contribution in [2.24, 2.45) is 5.92 Å². The van der Waals surface area contributed by atoms with Gasteiger partial charge in [0, 0.05) is 14.0 Å². The maximum Gasteiger partial charge on any atom is 0.302 e. The molecule has 0 aliphatic rings. The Balaban J connectivity index is 3.45. The number of hydrogen-bond donors (Lipinski definition) is 0. The van der Waals surface area contributed by atoms with Crippen molar-refractivity contribution in [2.45, 2.75) is 33.3 Å². The predicted molar refractivity (Wildman–Crippen MR) is 46.9 cm³/mol. The molecule has 3 nitrogen and oxygen atoms in total. The van der Waals surface area contributed by atoms with Crippen LogP contribution in [0.1, 0.15) is 27.2 Å². The molecule has 0 aromatic heterocycles. The summed E-state index contributed by atoms with van der Waals surface area (Å²) in [5.74, 6) is 0.149. The molecule has 0 aliphatic heterocycles. The van der Waals surface area contributed by atoms with Crippen LogP contribution in [0.2, 0.25) is 0 Å². The molecule has 0 rings (SSSR count). The van der Waals surface area contributed by atoms with Gasteiger partial charge in [0.25, 0.3) is 0 Å². The summed E-state index contributed by atoms with van der Waals surface area (Å²) in [6, 6.07) is 0. The fraction of sp³-hybridized carbons (Fsp3) is 0.889. The molecule has 2 unspecified atom stereocenters. The molecule has 72 valence electrons. The van der Waals surface area contributed by atoms with E-state index in [1.165, 1.54) is 6.92 Å². The number of esters is 1.